The molecule has 0 unspecified atom stereocenters. The topological polar surface area (TPSA) is 44.1 Å². The first-order chi connectivity index (χ1) is 7.38. The molecule has 4 nitrogen and oxygen atoms in total. The van der Waals surface area contributed by atoms with Gasteiger partial charge in [-0.25, -0.2) is 4.98 Å². The average Bonchev–Trinajstić information content (AvgIpc) is 2.80. The molecule has 0 aliphatic rings. The van der Waals surface area contributed by atoms with Crippen LogP contribution in [0.5, 0.6) is 5.75 Å². The Morgan fingerprint density at radius 3 is 2.73 bits per heavy atom. The van der Waals surface area contributed by atoms with Gasteiger partial charge in [0.05, 0.1) is 6.33 Å². The van der Waals surface area contributed by atoms with Crippen LogP contribution in [0.25, 0.3) is 0 Å². The smallest absolute Gasteiger partial charge is 0.233 e. The Labute approximate surface area is 87.1 Å². The van der Waals surface area contributed by atoms with Gasteiger partial charge in [0.2, 0.25) is 6.29 Å². The maximum Gasteiger partial charge on any atom is 0.233 e. The van der Waals surface area contributed by atoms with Crippen LogP contribution < -0.4 is 4.74 Å². The zero-order chi connectivity index (χ0) is 10.5. The minimum absolute atomic E-state index is 0.407. The molecule has 1 aromatic heterocycles. The number of benzene rings is 1. The van der Waals surface area contributed by atoms with Crippen molar-refractivity contribution in [2.24, 2.45) is 0 Å². The molecule has 0 aliphatic carbocycles. The number of rotatable bonds is 4. The standard InChI is InChI=1S/C11H9N2O2/c14-7-10-1-3-11(4-2-10)15-9-13-6-5-12-8-13/h1-6,8H,9H2. The number of imidazole rings is 1. The minimum atomic E-state index is 0.407. The number of aromatic nitrogens is 2. The fourth-order valence-corrected chi connectivity index (χ4v) is 1.13. The molecular formula is C11H9N2O2. The lowest BCUT2D eigenvalue weighted by molar-refractivity contribution is 0.236. The number of hydrogen-bond donors (Lipinski definition) is 0. The Balaban J connectivity index is 1.96. The van der Waals surface area contributed by atoms with E-state index in [0.717, 1.165) is 0 Å². The second-order valence-electron chi connectivity index (χ2n) is 2.98. The van der Waals surface area contributed by atoms with E-state index in [-0.39, 0.29) is 0 Å². The van der Waals surface area contributed by atoms with Crippen LogP contribution in [-0.2, 0) is 11.5 Å². The van der Waals surface area contributed by atoms with Crippen molar-refractivity contribution in [3.05, 3.63) is 48.5 Å². The number of nitrogens with zero attached hydrogens (tertiary/aromatic N) is 2. The third-order valence-electron chi connectivity index (χ3n) is 1.91. The molecule has 0 fully saturated rings. The van der Waals surface area contributed by atoms with Gasteiger partial charge in [-0.3, -0.25) is 4.79 Å². The Kier molecular flexibility index (Phi) is 2.78. The molecule has 4 heteroatoms. The monoisotopic (exact) mass is 201 g/mol. The summed E-state index contributed by atoms with van der Waals surface area (Å²) in [5.41, 5.74) is 0.519. The summed E-state index contributed by atoms with van der Waals surface area (Å²) in [7, 11) is 0. The van der Waals surface area contributed by atoms with Gasteiger partial charge in [-0.05, 0) is 24.3 Å². The molecule has 0 saturated heterocycles. The summed E-state index contributed by atoms with van der Waals surface area (Å²) in [5.74, 6) is 0.711. The number of carbonyl (C=O) groups excluding carboxylic acids is 1. The molecular weight excluding hydrogens is 192 g/mol. The molecule has 75 valence electrons. The fraction of sp³-hybridized carbons (Fsp3) is 0.0909. The maximum absolute atomic E-state index is 10.3. The van der Waals surface area contributed by atoms with Gasteiger partial charge in [-0.15, -0.1) is 0 Å². The van der Waals surface area contributed by atoms with Crippen LogP contribution in [-0.4, -0.2) is 15.8 Å². The lowest BCUT2D eigenvalue weighted by atomic mass is 10.2. The van der Waals surface area contributed by atoms with E-state index >= 15 is 0 Å². The van der Waals surface area contributed by atoms with E-state index in [4.69, 9.17) is 4.74 Å². The molecule has 0 spiro atoms. The Morgan fingerprint density at radius 1 is 1.33 bits per heavy atom. The average molecular weight is 201 g/mol. The molecule has 0 amide bonds. The van der Waals surface area contributed by atoms with Crippen molar-refractivity contribution >= 4 is 6.29 Å². The van der Waals surface area contributed by atoms with Gasteiger partial charge in [0.25, 0.3) is 0 Å². The fourth-order valence-electron chi connectivity index (χ4n) is 1.13. The van der Waals surface area contributed by atoms with Gasteiger partial charge in [-0.2, -0.15) is 0 Å². The van der Waals surface area contributed by atoms with Gasteiger partial charge in [0, 0.05) is 18.0 Å². The van der Waals surface area contributed by atoms with Gasteiger partial charge >= 0.3 is 0 Å². The quantitative estimate of drug-likeness (QED) is 0.750. The van der Waals surface area contributed by atoms with Crippen LogP contribution >= 0.6 is 0 Å². The first-order valence-electron chi connectivity index (χ1n) is 4.45. The van der Waals surface area contributed by atoms with Crippen molar-refractivity contribution in [3.8, 4) is 5.75 Å². The summed E-state index contributed by atoms with van der Waals surface area (Å²) in [6.45, 7) is 0.407. The van der Waals surface area contributed by atoms with E-state index in [1.54, 1.807) is 47.6 Å². The SMILES string of the molecule is O=[C]c1ccc(OCn2ccnc2)cc1. The molecule has 0 N–H and O–H groups in total. The highest BCUT2D eigenvalue weighted by Gasteiger charge is 1.95. The number of hydrogen-bond acceptors (Lipinski definition) is 3. The zero-order valence-electron chi connectivity index (χ0n) is 7.96. The summed E-state index contributed by atoms with van der Waals surface area (Å²) in [6, 6.07) is 6.79. The largest absolute Gasteiger partial charge is 0.473 e. The van der Waals surface area contributed by atoms with Crippen molar-refractivity contribution in [3.63, 3.8) is 0 Å². The molecule has 0 aliphatic heterocycles. The van der Waals surface area contributed by atoms with E-state index in [2.05, 4.69) is 4.98 Å². The molecule has 15 heavy (non-hydrogen) atoms. The first-order valence-corrected chi connectivity index (χ1v) is 4.45. The summed E-state index contributed by atoms with van der Waals surface area (Å²) in [6.07, 6.45) is 6.98. The highest BCUT2D eigenvalue weighted by Crippen LogP contribution is 2.11. The summed E-state index contributed by atoms with van der Waals surface area (Å²) < 4.78 is 7.25. The van der Waals surface area contributed by atoms with Crippen molar-refractivity contribution in [1.82, 2.24) is 9.55 Å². The van der Waals surface area contributed by atoms with E-state index in [0.29, 0.717) is 18.0 Å². The molecule has 2 rings (SSSR count). The van der Waals surface area contributed by atoms with Crippen molar-refractivity contribution in [2.45, 2.75) is 6.73 Å². The summed E-state index contributed by atoms with van der Waals surface area (Å²) in [5, 5.41) is 0. The summed E-state index contributed by atoms with van der Waals surface area (Å²) >= 11 is 0. The molecule has 1 aromatic carbocycles. The number of ether oxygens (including phenoxy) is 1. The third kappa shape index (κ3) is 2.43. The Hall–Kier alpha value is -2.10. The minimum Gasteiger partial charge on any atom is -0.473 e. The third-order valence-corrected chi connectivity index (χ3v) is 1.91. The van der Waals surface area contributed by atoms with Crippen LogP contribution in [0.15, 0.2) is 43.0 Å². The van der Waals surface area contributed by atoms with Crippen molar-refractivity contribution in [2.75, 3.05) is 0 Å². The Bertz CT molecular complexity index is 420. The van der Waals surface area contributed by atoms with Crippen LogP contribution in [0.4, 0.5) is 0 Å². The van der Waals surface area contributed by atoms with Gasteiger partial charge in [-0.1, -0.05) is 0 Å². The second-order valence-corrected chi connectivity index (χ2v) is 2.98. The molecule has 0 atom stereocenters. The molecule has 1 radical (unpaired) electrons. The molecule has 2 aromatic rings. The van der Waals surface area contributed by atoms with Crippen LogP contribution in [0.3, 0.4) is 0 Å². The zero-order valence-corrected chi connectivity index (χ0v) is 7.96. The summed E-state index contributed by atoms with van der Waals surface area (Å²) in [4.78, 5) is 14.2. The van der Waals surface area contributed by atoms with Crippen LogP contribution in [0, 0.1) is 0 Å². The van der Waals surface area contributed by atoms with Crippen molar-refractivity contribution < 1.29 is 9.53 Å². The predicted octanol–water partition coefficient (Wildman–Crippen LogP) is 1.38. The lowest BCUT2D eigenvalue weighted by Crippen LogP contribution is -2.02. The second kappa shape index (κ2) is 4.41. The van der Waals surface area contributed by atoms with Crippen molar-refractivity contribution in [1.29, 1.82) is 0 Å². The van der Waals surface area contributed by atoms with E-state index < -0.39 is 0 Å². The van der Waals surface area contributed by atoms with Gasteiger partial charge in [0.1, 0.15) is 5.75 Å². The highest BCUT2D eigenvalue weighted by atomic mass is 16.5. The van der Waals surface area contributed by atoms with Crippen LogP contribution in [0.2, 0.25) is 0 Å². The molecule has 0 saturated carbocycles. The maximum atomic E-state index is 10.3. The first kappa shape index (κ1) is 9.45. The van der Waals surface area contributed by atoms with E-state index in [1.165, 1.54) is 0 Å². The predicted molar refractivity (Wildman–Crippen MR) is 54.1 cm³/mol. The van der Waals surface area contributed by atoms with E-state index in [1.807, 2.05) is 6.20 Å². The van der Waals surface area contributed by atoms with E-state index in [9.17, 15) is 4.79 Å². The molecule has 0 bridgehead atoms. The Morgan fingerprint density at radius 2 is 2.13 bits per heavy atom. The van der Waals surface area contributed by atoms with Crippen LogP contribution in [0.1, 0.15) is 5.56 Å². The highest BCUT2D eigenvalue weighted by molar-refractivity contribution is 5.75. The van der Waals surface area contributed by atoms with Gasteiger partial charge in [0.15, 0.2) is 6.73 Å². The lowest BCUT2D eigenvalue weighted by Gasteiger charge is -2.05. The molecule has 1 heterocycles. The normalized spacial score (nSPS) is 9.87. The van der Waals surface area contributed by atoms with Gasteiger partial charge < -0.3 is 9.30 Å².